The van der Waals surface area contributed by atoms with Gasteiger partial charge >= 0.3 is 0 Å². The molecule has 3 heteroatoms. The lowest BCUT2D eigenvalue weighted by Gasteiger charge is -2.21. The van der Waals surface area contributed by atoms with Gasteiger partial charge in [0.25, 0.3) is 0 Å². The largest absolute Gasteiger partial charge is 0.353 e. The molecule has 92 valence electrons. The topological polar surface area (TPSA) is 29.1 Å². The van der Waals surface area contributed by atoms with Crippen LogP contribution < -0.4 is 5.32 Å². The summed E-state index contributed by atoms with van der Waals surface area (Å²) in [4.78, 5) is 11.9. The van der Waals surface area contributed by atoms with E-state index >= 15 is 0 Å². The van der Waals surface area contributed by atoms with Gasteiger partial charge in [0.15, 0.2) is 0 Å². The minimum Gasteiger partial charge on any atom is -0.353 e. The molecule has 2 aliphatic carbocycles. The van der Waals surface area contributed by atoms with Crippen LogP contribution in [0.25, 0.3) is 0 Å². The molecular formula is C13H23NOS. The van der Waals surface area contributed by atoms with E-state index in [1.54, 1.807) is 0 Å². The van der Waals surface area contributed by atoms with Crippen LogP contribution in [0.4, 0.5) is 0 Å². The molecule has 0 heterocycles. The summed E-state index contributed by atoms with van der Waals surface area (Å²) in [5.74, 6) is 1.82. The van der Waals surface area contributed by atoms with Crippen molar-refractivity contribution in [3.05, 3.63) is 0 Å². The lowest BCUT2D eigenvalue weighted by atomic mass is 9.98. The second-order valence-electron chi connectivity index (χ2n) is 5.74. The van der Waals surface area contributed by atoms with Gasteiger partial charge in [-0.05, 0) is 49.7 Å². The molecule has 1 N–H and O–H groups in total. The van der Waals surface area contributed by atoms with E-state index in [-0.39, 0.29) is 11.3 Å². The Morgan fingerprint density at radius 1 is 1.44 bits per heavy atom. The summed E-state index contributed by atoms with van der Waals surface area (Å²) in [7, 11) is 0. The zero-order valence-electron chi connectivity index (χ0n) is 10.2. The third-order valence-electron chi connectivity index (χ3n) is 4.32. The molecule has 0 spiro atoms. The van der Waals surface area contributed by atoms with Crippen LogP contribution in [0, 0.1) is 11.3 Å². The number of carbonyl (C=O) groups excluding carboxylic acids is 1. The van der Waals surface area contributed by atoms with Gasteiger partial charge in [0.2, 0.25) is 5.91 Å². The van der Waals surface area contributed by atoms with E-state index in [2.05, 4.69) is 24.9 Å². The molecule has 2 saturated carbocycles. The van der Waals surface area contributed by atoms with Crippen molar-refractivity contribution in [3.8, 4) is 0 Å². The summed E-state index contributed by atoms with van der Waals surface area (Å²) in [6.45, 7) is 2.16. The van der Waals surface area contributed by atoms with Crippen LogP contribution in [-0.4, -0.2) is 17.7 Å². The Labute approximate surface area is 104 Å². The van der Waals surface area contributed by atoms with Gasteiger partial charge < -0.3 is 5.32 Å². The fourth-order valence-corrected chi connectivity index (χ4v) is 3.22. The highest BCUT2D eigenvalue weighted by atomic mass is 32.1. The molecule has 16 heavy (non-hydrogen) atoms. The Hall–Kier alpha value is -0.180. The summed E-state index contributed by atoms with van der Waals surface area (Å²) in [6.07, 6.45) is 8.31. The number of rotatable bonds is 5. The van der Waals surface area contributed by atoms with Crippen molar-refractivity contribution in [1.29, 1.82) is 0 Å². The summed E-state index contributed by atoms with van der Waals surface area (Å²) < 4.78 is 0. The highest BCUT2D eigenvalue weighted by Crippen LogP contribution is 2.49. The van der Waals surface area contributed by atoms with Crippen LogP contribution in [0.15, 0.2) is 0 Å². The Bertz CT molecular complexity index is 257. The van der Waals surface area contributed by atoms with Crippen LogP contribution in [0.3, 0.4) is 0 Å². The molecule has 0 saturated heterocycles. The van der Waals surface area contributed by atoms with Crippen molar-refractivity contribution in [3.63, 3.8) is 0 Å². The molecule has 0 aromatic carbocycles. The SMILES string of the molecule is CC(NC(=O)CC1(CS)CC1)C1CCCC1. The molecule has 1 unspecified atom stereocenters. The lowest BCUT2D eigenvalue weighted by Crippen LogP contribution is -2.38. The number of hydrogen-bond acceptors (Lipinski definition) is 2. The Morgan fingerprint density at radius 2 is 2.06 bits per heavy atom. The first-order valence-electron chi connectivity index (χ1n) is 6.55. The maximum absolute atomic E-state index is 11.9. The van der Waals surface area contributed by atoms with E-state index < -0.39 is 0 Å². The maximum Gasteiger partial charge on any atom is 0.220 e. The predicted octanol–water partition coefficient (Wildman–Crippen LogP) is 2.78. The van der Waals surface area contributed by atoms with Gasteiger partial charge in [0.1, 0.15) is 0 Å². The zero-order chi connectivity index (χ0) is 11.6. The first-order chi connectivity index (χ1) is 7.65. The molecule has 0 aromatic heterocycles. The van der Waals surface area contributed by atoms with Gasteiger partial charge in [-0.25, -0.2) is 0 Å². The van der Waals surface area contributed by atoms with E-state index in [0.717, 1.165) is 11.7 Å². The summed E-state index contributed by atoms with van der Waals surface area (Å²) >= 11 is 4.34. The molecule has 1 atom stereocenters. The highest BCUT2D eigenvalue weighted by Gasteiger charge is 2.43. The molecule has 2 rings (SSSR count). The Kier molecular flexibility index (Phi) is 3.83. The van der Waals surface area contributed by atoms with Crippen molar-refractivity contribution in [2.75, 3.05) is 5.75 Å². The van der Waals surface area contributed by atoms with Gasteiger partial charge in [-0.2, -0.15) is 12.6 Å². The second-order valence-corrected chi connectivity index (χ2v) is 6.05. The third-order valence-corrected chi connectivity index (χ3v) is 4.99. The maximum atomic E-state index is 11.9. The average molecular weight is 241 g/mol. The van der Waals surface area contributed by atoms with Crippen molar-refractivity contribution in [2.45, 2.75) is 57.9 Å². The molecule has 0 bridgehead atoms. The van der Waals surface area contributed by atoms with Crippen molar-refractivity contribution in [1.82, 2.24) is 5.32 Å². The van der Waals surface area contributed by atoms with Gasteiger partial charge in [-0.15, -0.1) is 0 Å². The van der Waals surface area contributed by atoms with Crippen molar-refractivity contribution in [2.24, 2.45) is 11.3 Å². The number of hydrogen-bond donors (Lipinski definition) is 2. The van der Waals surface area contributed by atoms with Crippen LogP contribution >= 0.6 is 12.6 Å². The standard InChI is InChI=1S/C13H23NOS/c1-10(11-4-2-3-5-11)14-12(15)8-13(9-16)6-7-13/h10-11,16H,2-9H2,1H3,(H,14,15). The summed E-state index contributed by atoms with van der Waals surface area (Å²) in [6, 6.07) is 0.366. The molecule has 2 aliphatic rings. The van der Waals surface area contributed by atoms with Crippen LogP contribution in [0.1, 0.15) is 51.9 Å². The van der Waals surface area contributed by atoms with Gasteiger partial charge in [-0.3, -0.25) is 4.79 Å². The predicted molar refractivity (Wildman–Crippen MR) is 69.7 cm³/mol. The number of carbonyl (C=O) groups is 1. The molecule has 1 amide bonds. The molecule has 0 radical (unpaired) electrons. The number of amides is 1. The molecule has 2 nitrogen and oxygen atoms in total. The van der Waals surface area contributed by atoms with Gasteiger partial charge in [-0.1, -0.05) is 12.8 Å². The Balaban J connectivity index is 1.74. The van der Waals surface area contributed by atoms with Crippen LogP contribution in [0.2, 0.25) is 0 Å². The molecule has 0 aromatic rings. The normalized spacial score (nSPS) is 25.4. The van der Waals surface area contributed by atoms with Crippen molar-refractivity contribution < 1.29 is 4.79 Å². The van der Waals surface area contributed by atoms with E-state index in [0.29, 0.717) is 12.5 Å². The van der Waals surface area contributed by atoms with E-state index in [4.69, 9.17) is 0 Å². The fraction of sp³-hybridized carbons (Fsp3) is 0.923. The average Bonchev–Trinajstić information content (AvgIpc) is 2.82. The summed E-state index contributed by atoms with van der Waals surface area (Å²) in [5, 5.41) is 3.18. The van der Waals surface area contributed by atoms with Gasteiger partial charge in [0.05, 0.1) is 0 Å². The second kappa shape index (κ2) is 4.99. The summed E-state index contributed by atoms with van der Waals surface area (Å²) in [5.41, 5.74) is 0.253. The fourth-order valence-electron chi connectivity index (χ4n) is 2.79. The van der Waals surface area contributed by atoms with E-state index in [9.17, 15) is 4.79 Å². The zero-order valence-corrected chi connectivity index (χ0v) is 11.1. The first-order valence-corrected chi connectivity index (χ1v) is 7.19. The van der Waals surface area contributed by atoms with E-state index in [1.807, 2.05) is 0 Å². The molecule has 2 fully saturated rings. The first kappa shape index (κ1) is 12.3. The van der Waals surface area contributed by atoms with E-state index in [1.165, 1.54) is 38.5 Å². The van der Waals surface area contributed by atoms with Crippen LogP contribution in [0.5, 0.6) is 0 Å². The van der Waals surface area contributed by atoms with Crippen LogP contribution in [-0.2, 0) is 4.79 Å². The highest BCUT2D eigenvalue weighted by molar-refractivity contribution is 7.80. The monoisotopic (exact) mass is 241 g/mol. The molecular weight excluding hydrogens is 218 g/mol. The van der Waals surface area contributed by atoms with Crippen molar-refractivity contribution >= 4 is 18.5 Å². The smallest absolute Gasteiger partial charge is 0.220 e. The Morgan fingerprint density at radius 3 is 2.56 bits per heavy atom. The number of thiol groups is 1. The lowest BCUT2D eigenvalue weighted by molar-refractivity contribution is -0.123. The molecule has 0 aliphatic heterocycles. The minimum atomic E-state index is 0.242. The quantitative estimate of drug-likeness (QED) is 0.712. The van der Waals surface area contributed by atoms with Gasteiger partial charge in [0, 0.05) is 12.5 Å². The minimum absolute atomic E-state index is 0.242. The third kappa shape index (κ3) is 2.93. The number of nitrogens with one attached hydrogen (secondary N) is 1.